The van der Waals surface area contributed by atoms with Gasteiger partial charge in [0.15, 0.2) is 0 Å². The highest BCUT2D eigenvalue weighted by molar-refractivity contribution is 5.77. The van der Waals surface area contributed by atoms with Gasteiger partial charge in [-0.3, -0.25) is 9.59 Å². The van der Waals surface area contributed by atoms with Crippen LogP contribution in [0.5, 0.6) is 0 Å². The molecule has 0 saturated carbocycles. The van der Waals surface area contributed by atoms with Crippen LogP contribution < -0.4 is 16.0 Å². The molecule has 5 nitrogen and oxygen atoms in total. The first-order chi connectivity index (χ1) is 7.72. The zero-order chi connectivity index (χ0) is 11.8. The molecule has 1 unspecified atom stereocenters. The topological polar surface area (TPSA) is 70.2 Å². The molecule has 0 spiro atoms. The van der Waals surface area contributed by atoms with E-state index in [-0.39, 0.29) is 17.9 Å². The maximum Gasteiger partial charge on any atom is 0.221 e. The van der Waals surface area contributed by atoms with Crippen molar-refractivity contribution < 1.29 is 9.59 Å². The molecule has 2 amide bonds. The number of rotatable bonds is 5. The van der Waals surface area contributed by atoms with Crippen molar-refractivity contribution >= 4 is 11.8 Å². The number of nitrogens with one attached hydrogen (secondary N) is 3. The van der Waals surface area contributed by atoms with Crippen LogP contribution in [0.4, 0.5) is 0 Å². The van der Waals surface area contributed by atoms with Gasteiger partial charge < -0.3 is 16.0 Å². The normalized spacial score (nSPS) is 21.1. The summed E-state index contributed by atoms with van der Waals surface area (Å²) in [5, 5.41) is 8.84. The molecule has 1 atom stereocenters. The molecule has 3 N–H and O–H groups in total. The molecule has 1 aliphatic heterocycles. The summed E-state index contributed by atoms with van der Waals surface area (Å²) in [4.78, 5) is 22.4. The van der Waals surface area contributed by atoms with Crippen molar-refractivity contribution in [3.05, 3.63) is 0 Å². The molecule has 1 saturated heterocycles. The Morgan fingerprint density at radius 2 is 2.38 bits per heavy atom. The number of carbonyl (C=O) groups excluding carboxylic acids is 2. The minimum Gasteiger partial charge on any atom is -0.356 e. The zero-order valence-corrected chi connectivity index (χ0v) is 9.84. The van der Waals surface area contributed by atoms with Crippen LogP contribution >= 0.6 is 0 Å². The lowest BCUT2D eigenvalue weighted by molar-refractivity contribution is -0.121. The minimum atomic E-state index is 0.0630. The second kappa shape index (κ2) is 7.22. The van der Waals surface area contributed by atoms with Crippen LogP contribution in [0.2, 0.25) is 0 Å². The molecule has 1 rings (SSSR count). The first-order valence-electron chi connectivity index (χ1n) is 5.99. The third-order valence-electron chi connectivity index (χ3n) is 2.64. The van der Waals surface area contributed by atoms with Gasteiger partial charge in [0.1, 0.15) is 0 Å². The van der Waals surface area contributed by atoms with Crippen molar-refractivity contribution in [1.82, 2.24) is 16.0 Å². The predicted octanol–water partition coefficient (Wildman–Crippen LogP) is -0.229. The van der Waals surface area contributed by atoms with E-state index >= 15 is 0 Å². The molecule has 16 heavy (non-hydrogen) atoms. The van der Waals surface area contributed by atoms with E-state index in [9.17, 15) is 9.59 Å². The Morgan fingerprint density at radius 1 is 1.56 bits per heavy atom. The van der Waals surface area contributed by atoms with E-state index < -0.39 is 0 Å². The third kappa shape index (κ3) is 5.11. The van der Waals surface area contributed by atoms with Gasteiger partial charge in [-0.15, -0.1) is 0 Å². The smallest absolute Gasteiger partial charge is 0.221 e. The summed E-state index contributed by atoms with van der Waals surface area (Å²) in [5.41, 5.74) is 0. The summed E-state index contributed by atoms with van der Waals surface area (Å²) in [6.45, 7) is 3.99. The average molecular weight is 227 g/mol. The first kappa shape index (κ1) is 13.0. The van der Waals surface area contributed by atoms with E-state index in [0.717, 1.165) is 19.4 Å². The van der Waals surface area contributed by atoms with Gasteiger partial charge in [-0.2, -0.15) is 0 Å². The zero-order valence-electron chi connectivity index (χ0n) is 9.84. The Labute approximate surface area is 96.4 Å². The largest absolute Gasteiger partial charge is 0.356 e. The van der Waals surface area contributed by atoms with Gasteiger partial charge in [-0.05, 0) is 19.8 Å². The molecule has 5 heteroatoms. The van der Waals surface area contributed by atoms with Crippen molar-refractivity contribution in [2.75, 3.05) is 19.6 Å². The molecule has 1 heterocycles. The minimum absolute atomic E-state index is 0.0630. The molecule has 0 aromatic carbocycles. The van der Waals surface area contributed by atoms with Crippen molar-refractivity contribution in [3.8, 4) is 0 Å². The molecule has 0 aliphatic carbocycles. The molecule has 0 bridgehead atoms. The Kier molecular flexibility index (Phi) is 5.85. The van der Waals surface area contributed by atoms with Crippen LogP contribution in [0.1, 0.15) is 32.6 Å². The number of hydrogen-bond acceptors (Lipinski definition) is 3. The monoisotopic (exact) mass is 227 g/mol. The summed E-state index contributed by atoms with van der Waals surface area (Å²) in [5.74, 6) is 0.168. The summed E-state index contributed by atoms with van der Waals surface area (Å²) in [6, 6.07) is 0.219. The van der Waals surface area contributed by atoms with E-state index in [0.29, 0.717) is 25.9 Å². The SMILES string of the molecule is CCNC(=O)CCNC1CCCNC(=O)C1. The molecule has 92 valence electrons. The lowest BCUT2D eigenvalue weighted by Crippen LogP contribution is -2.35. The average Bonchev–Trinajstić information content (AvgIpc) is 2.43. The molecule has 0 aromatic rings. The molecule has 0 aromatic heterocycles. The lowest BCUT2D eigenvalue weighted by Gasteiger charge is -2.14. The molecular formula is C11H21N3O2. The predicted molar refractivity (Wildman–Crippen MR) is 62.0 cm³/mol. The third-order valence-corrected chi connectivity index (χ3v) is 2.64. The molecule has 1 aliphatic rings. The van der Waals surface area contributed by atoms with E-state index in [1.54, 1.807) is 0 Å². The standard InChI is InChI=1S/C11H21N3O2/c1-2-12-10(15)5-7-13-9-4-3-6-14-11(16)8-9/h9,13H,2-8H2,1H3,(H,12,15)(H,14,16). The van der Waals surface area contributed by atoms with Crippen molar-refractivity contribution in [2.24, 2.45) is 0 Å². The fourth-order valence-corrected chi connectivity index (χ4v) is 1.82. The van der Waals surface area contributed by atoms with Gasteiger partial charge >= 0.3 is 0 Å². The van der Waals surface area contributed by atoms with Crippen molar-refractivity contribution in [3.63, 3.8) is 0 Å². The summed E-state index contributed by atoms with van der Waals surface area (Å²) in [6.07, 6.45) is 3.00. The Balaban J connectivity index is 2.16. The van der Waals surface area contributed by atoms with Gasteiger partial charge in [0.2, 0.25) is 11.8 Å². The van der Waals surface area contributed by atoms with Crippen LogP contribution in [0.15, 0.2) is 0 Å². The highest BCUT2D eigenvalue weighted by Gasteiger charge is 2.16. The van der Waals surface area contributed by atoms with Gasteiger partial charge in [0.25, 0.3) is 0 Å². The van der Waals surface area contributed by atoms with Crippen LogP contribution in [0.25, 0.3) is 0 Å². The maximum atomic E-state index is 11.3. The Bertz CT molecular complexity index is 243. The summed E-state index contributed by atoms with van der Waals surface area (Å²) in [7, 11) is 0. The van der Waals surface area contributed by atoms with Crippen molar-refractivity contribution in [1.29, 1.82) is 0 Å². The Morgan fingerprint density at radius 3 is 3.12 bits per heavy atom. The van der Waals surface area contributed by atoms with E-state index in [1.165, 1.54) is 0 Å². The maximum absolute atomic E-state index is 11.3. The van der Waals surface area contributed by atoms with Crippen LogP contribution in [-0.4, -0.2) is 37.5 Å². The van der Waals surface area contributed by atoms with Gasteiger partial charge in [-0.1, -0.05) is 0 Å². The second-order valence-electron chi connectivity index (χ2n) is 4.05. The molecular weight excluding hydrogens is 206 g/mol. The quantitative estimate of drug-likeness (QED) is 0.607. The van der Waals surface area contributed by atoms with Gasteiger partial charge in [0.05, 0.1) is 0 Å². The highest BCUT2D eigenvalue weighted by Crippen LogP contribution is 2.05. The van der Waals surface area contributed by atoms with E-state index in [1.807, 2.05) is 6.92 Å². The van der Waals surface area contributed by atoms with Crippen LogP contribution in [0.3, 0.4) is 0 Å². The second-order valence-corrected chi connectivity index (χ2v) is 4.05. The number of carbonyl (C=O) groups is 2. The molecule has 0 radical (unpaired) electrons. The summed E-state index contributed by atoms with van der Waals surface area (Å²) >= 11 is 0. The van der Waals surface area contributed by atoms with Crippen LogP contribution in [-0.2, 0) is 9.59 Å². The van der Waals surface area contributed by atoms with E-state index in [2.05, 4.69) is 16.0 Å². The Hall–Kier alpha value is -1.10. The highest BCUT2D eigenvalue weighted by atomic mass is 16.2. The number of hydrogen-bond donors (Lipinski definition) is 3. The van der Waals surface area contributed by atoms with Crippen LogP contribution in [0, 0.1) is 0 Å². The summed E-state index contributed by atoms with van der Waals surface area (Å²) < 4.78 is 0. The lowest BCUT2D eigenvalue weighted by atomic mass is 10.1. The number of amides is 2. The molecule has 1 fully saturated rings. The van der Waals surface area contributed by atoms with Gasteiger partial charge in [0, 0.05) is 38.5 Å². The van der Waals surface area contributed by atoms with Gasteiger partial charge in [-0.25, -0.2) is 0 Å². The fourth-order valence-electron chi connectivity index (χ4n) is 1.82. The van der Waals surface area contributed by atoms with E-state index in [4.69, 9.17) is 0 Å². The van der Waals surface area contributed by atoms with Crippen molar-refractivity contribution in [2.45, 2.75) is 38.6 Å². The fraction of sp³-hybridized carbons (Fsp3) is 0.818. The first-order valence-corrected chi connectivity index (χ1v) is 5.99.